The average Bonchev–Trinajstić information content (AvgIpc) is 3.65. The molecule has 5 aromatic rings. The lowest BCUT2D eigenvalue weighted by molar-refractivity contribution is 0.460. The molecule has 0 radical (unpaired) electrons. The minimum atomic E-state index is -0.0791. The summed E-state index contributed by atoms with van der Waals surface area (Å²) in [6.07, 6.45) is 11.6. The van der Waals surface area contributed by atoms with Crippen LogP contribution >= 0.6 is 22.7 Å². The summed E-state index contributed by atoms with van der Waals surface area (Å²) >= 11 is 2.83. The zero-order valence-electron chi connectivity index (χ0n) is 22.3. The van der Waals surface area contributed by atoms with Gasteiger partial charge in [0.05, 0.1) is 22.4 Å². The van der Waals surface area contributed by atoms with Crippen molar-refractivity contribution in [2.24, 2.45) is 0 Å². The molecule has 7 rings (SSSR count). The second-order valence-electron chi connectivity index (χ2n) is 10.9. The second-order valence-corrected chi connectivity index (χ2v) is 12.7. The molecule has 0 amide bonds. The van der Waals surface area contributed by atoms with Gasteiger partial charge in [-0.2, -0.15) is 0 Å². The van der Waals surface area contributed by atoms with Gasteiger partial charge in [-0.1, -0.05) is 38.5 Å². The lowest BCUT2D eigenvalue weighted by Gasteiger charge is -2.25. The van der Waals surface area contributed by atoms with Crippen LogP contribution in [0.15, 0.2) is 56.7 Å². The maximum atomic E-state index is 13.7. The summed E-state index contributed by atoms with van der Waals surface area (Å²) in [7, 11) is 0. The largest absolute Gasteiger partial charge is 0.353 e. The molecule has 8 nitrogen and oxygen atoms in total. The third kappa shape index (κ3) is 4.73. The van der Waals surface area contributed by atoms with Crippen molar-refractivity contribution in [2.45, 2.75) is 76.3 Å². The number of thiophene rings is 2. The Balaban J connectivity index is 1.30. The molecule has 4 aromatic heterocycles. The Kier molecular flexibility index (Phi) is 6.89. The average molecular weight is 573 g/mol. The van der Waals surface area contributed by atoms with E-state index in [1.807, 2.05) is 47.2 Å². The molecule has 2 aliphatic carbocycles. The van der Waals surface area contributed by atoms with Crippen molar-refractivity contribution in [3.8, 4) is 11.4 Å². The first kappa shape index (κ1) is 25.5. The van der Waals surface area contributed by atoms with E-state index in [-0.39, 0.29) is 11.1 Å². The molecule has 2 aliphatic rings. The first-order valence-electron chi connectivity index (χ1n) is 14.3. The summed E-state index contributed by atoms with van der Waals surface area (Å²) in [6, 6.07) is 12.0. The van der Waals surface area contributed by atoms with E-state index >= 15 is 0 Å². The molecule has 0 spiro atoms. The number of aromatic nitrogens is 4. The molecule has 0 aliphatic heterocycles. The SMILES string of the molecule is O=c1c2sccc2nc(NC2CCCCC2)n1-c1ccc(-n2c(NC3CCCCC3)nc3ccsc3c2=O)cc1. The molecule has 0 saturated heterocycles. The van der Waals surface area contributed by atoms with Crippen LogP contribution in [0.25, 0.3) is 31.8 Å². The number of fused-ring (bicyclic) bond motifs is 2. The van der Waals surface area contributed by atoms with Crippen molar-refractivity contribution in [3.63, 3.8) is 0 Å². The van der Waals surface area contributed by atoms with Crippen molar-refractivity contribution in [2.75, 3.05) is 10.6 Å². The van der Waals surface area contributed by atoms with Crippen LogP contribution in [0.2, 0.25) is 0 Å². The van der Waals surface area contributed by atoms with Gasteiger partial charge in [0, 0.05) is 12.1 Å². The molecule has 2 fully saturated rings. The third-order valence-electron chi connectivity index (χ3n) is 8.20. The van der Waals surface area contributed by atoms with Gasteiger partial charge in [0.2, 0.25) is 11.9 Å². The Morgan fingerprint density at radius 1 is 0.600 bits per heavy atom. The van der Waals surface area contributed by atoms with E-state index in [1.165, 1.54) is 61.2 Å². The third-order valence-corrected chi connectivity index (χ3v) is 9.99. The van der Waals surface area contributed by atoms with Gasteiger partial charge in [0.25, 0.3) is 11.1 Å². The first-order valence-corrected chi connectivity index (χ1v) is 16.1. The fraction of sp³-hybridized carbons (Fsp3) is 0.400. The topological polar surface area (TPSA) is 93.8 Å². The van der Waals surface area contributed by atoms with Crippen LogP contribution in [0.5, 0.6) is 0 Å². The van der Waals surface area contributed by atoms with Crippen LogP contribution in [-0.4, -0.2) is 31.2 Å². The highest BCUT2D eigenvalue weighted by Gasteiger charge is 2.21. The number of nitrogens with one attached hydrogen (secondary N) is 2. The van der Waals surface area contributed by atoms with Crippen molar-refractivity contribution in [1.29, 1.82) is 0 Å². The maximum Gasteiger partial charge on any atom is 0.277 e. The first-order chi connectivity index (χ1) is 19.7. The van der Waals surface area contributed by atoms with E-state index in [0.717, 1.165) is 48.1 Å². The molecule has 0 atom stereocenters. The van der Waals surface area contributed by atoms with Gasteiger partial charge in [0.15, 0.2) is 0 Å². The lowest BCUT2D eigenvalue weighted by atomic mass is 9.96. The van der Waals surface area contributed by atoms with Crippen molar-refractivity contribution in [1.82, 2.24) is 19.1 Å². The standard InChI is InChI=1S/C30H32N6O2S2/c37-27-25-23(15-17-39-25)33-29(31-19-7-3-1-4-8-19)35(27)21-11-13-22(14-12-21)36-28(38)26-24(16-18-40-26)34-30(36)32-20-9-5-2-6-10-20/h11-20H,1-10H2,(H,31,33)(H,32,34). The Morgan fingerprint density at radius 3 is 1.40 bits per heavy atom. The fourth-order valence-corrected chi connectivity index (χ4v) is 7.63. The Hall–Kier alpha value is -3.50. The van der Waals surface area contributed by atoms with E-state index < -0.39 is 0 Å². The summed E-state index contributed by atoms with van der Waals surface area (Å²) in [4.78, 5) is 37.1. The number of hydrogen-bond donors (Lipinski definition) is 2. The van der Waals surface area contributed by atoms with E-state index in [0.29, 0.717) is 33.4 Å². The van der Waals surface area contributed by atoms with E-state index in [9.17, 15) is 9.59 Å². The number of anilines is 2. The van der Waals surface area contributed by atoms with Gasteiger partial charge in [0.1, 0.15) is 9.40 Å². The summed E-state index contributed by atoms with van der Waals surface area (Å²) in [5, 5.41) is 11.0. The number of hydrogen-bond acceptors (Lipinski definition) is 8. The van der Waals surface area contributed by atoms with E-state index in [2.05, 4.69) is 10.6 Å². The lowest BCUT2D eigenvalue weighted by Crippen LogP contribution is -2.30. The second kappa shape index (κ2) is 10.8. The highest BCUT2D eigenvalue weighted by Crippen LogP contribution is 2.27. The van der Waals surface area contributed by atoms with Gasteiger partial charge < -0.3 is 10.6 Å². The molecule has 0 unspecified atom stereocenters. The number of nitrogens with zero attached hydrogens (tertiary/aromatic N) is 4. The highest BCUT2D eigenvalue weighted by molar-refractivity contribution is 7.17. The molecule has 40 heavy (non-hydrogen) atoms. The monoisotopic (exact) mass is 572 g/mol. The molecule has 2 N–H and O–H groups in total. The van der Waals surface area contributed by atoms with Gasteiger partial charge in [-0.15, -0.1) is 22.7 Å². The molecule has 1 aromatic carbocycles. The minimum absolute atomic E-state index is 0.0791. The Morgan fingerprint density at radius 2 is 1.00 bits per heavy atom. The number of benzene rings is 1. The normalized spacial score (nSPS) is 17.0. The summed E-state index contributed by atoms with van der Waals surface area (Å²) in [6.45, 7) is 0. The Labute approximate surface area is 239 Å². The zero-order valence-corrected chi connectivity index (χ0v) is 23.9. The van der Waals surface area contributed by atoms with Crippen LogP contribution in [0.3, 0.4) is 0 Å². The predicted octanol–water partition coefficient (Wildman–Crippen LogP) is 6.70. The van der Waals surface area contributed by atoms with Crippen molar-refractivity contribution in [3.05, 3.63) is 67.9 Å². The predicted molar refractivity (Wildman–Crippen MR) is 165 cm³/mol. The van der Waals surface area contributed by atoms with Crippen LogP contribution in [0.1, 0.15) is 64.2 Å². The van der Waals surface area contributed by atoms with Gasteiger partial charge in [-0.05, 0) is 72.8 Å². The summed E-state index contributed by atoms with van der Waals surface area (Å²) in [5.74, 6) is 1.16. The van der Waals surface area contributed by atoms with Crippen LogP contribution in [-0.2, 0) is 0 Å². The van der Waals surface area contributed by atoms with Crippen molar-refractivity contribution < 1.29 is 0 Å². The van der Waals surface area contributed by atoms with E-state index in [4.69, 9.17) is 9.97 Å². The zero-order chi connectivity index (χ0) is 27.1. The van der Waals surface area contributed by atoms with Gasteiger partial charge in [-0.3, -0.25) is 9.59 Å². The molecule has 0 bridgehead atoms. The quantitative estimate of drug-likeness (QED) is 0.235. The molecule has 206 valence electrons. The highest BCUT2D eigenvalue weighted by atomic mass is 32.1. The van der Waals surface area contributed by atoms with Crippen molar-refractivity contribution >= 4 is 55.0 Å². The summed E-state index contributed by atoms with van der Waals surface area (Å²) in [5.41, 5.74) is 2.72. The molecule has 4 heterocycles. The van der Waals surface area contributed by atoms with E-state index in [1.54, 1.807) is 9.13 Å². The minimum Gasteiger partial charge on any atom is -0.353 e. The number of rotatable bonds is 6. The fourth-order valence-electron chi connectivity index (χ4n) is 6.11. The van der Waals surface area contributed by atoms with Crippen LogP contribution in [0.4, 0.5) is 11.9 Å². The smallest absolute Gasteiger partial charge is 0.277 e. The van der Waals surface area contributed by atoms with Crippen LogP contribution in [0, 0.1) is 0 Å². The molecule has 10 heteroatoms. The van der Waals surface area contributed by atoms with Gasteiger partial charge >= 0.3 is 0 Å². The molecule has 2 saturated carbocycles. The maximum absolute atomic E-state index is 13.7. The molecular weight excluding hydrogens is 541 g/mol. The van der Waals surface area contributed by atoms with Gasteiger partial charge in [-0.25, -0.2) is 19.1 Å². The van der Waals surface area contributed by atoms with Crippen LogP contribution < -0.4 is 21.8 Å². The molecular formula is C30H32N6O2S2. The Bertz CT molecular complexity index is 1640. The summed E-state index contributed by atoms with van der Waals surface area (Å²) < 4.78 is 4.64.